The van der Waals surface area contributed by atoms with Gasteiger partial charge in [-0.05, 0) is 31.0 Å². The highest BCUT2D eigenvalue weighted by Crippen LogP contribution is 2.18. The summed E-state index contributed by atoms with van der Waals surface area (Å²) in [6, 6.07) is 8.01. The number of allylic oxidation sites excluding steroid dienone is 2. The largest absolute Gasteiger partial charge is 0.462 e. The molecule has 0 radical (unpaired) electrons. The topological polar surface area (TPSA) is 9.23 Å². The minimum atomic E-state index is 0.829. The van der Waals surface area contributed by atoms with Crippen LogP contribution in [0.5, 0.6) is 5.75 Å². The standard InChI is InChI=1S/C14H18O/c1-4-7-12(3)15-14-10-6-9-13(11-14)8-5-2/h5-6,8-11H,3-4,7H2,1-2H3/b8-5+. The lowest BCUT2D eigenvalue weighted by Gasteiger charge is -2.07. The van der Waals surface area contributed by atoms with Crippen molar-refractivity contribution in [3.63, 3.8) is 0 Å². The van der Waals surface area contributed by atoms with Crippen molar-refractivity contribution < 1.29 is 4.74 Å². The van der Waals surface area contributed by atoms with Gasteiger partial charge in [0.15, 0.2) is 0 Å². The molecule has 15 heavy (non-hydrogen) atoms. The van der Waals surface area contributed by atoms with E-state index in [4.69, 9.17) is 4.74 Å². The molecule has 0 unspecified atom stereocenters. The molecule has 0 saturated carbocycles. The van der Waals surface area contributed by atoms with Crippen LogP contribution in [0.2, 0.25) is 0 Å². The van der Waals surface area contributed by atoms with Crippen molar-refractivity contribution in [1.82, 2.24) is 0 Å². The van der Waals surface area contributed by atoms with Gasteiger partial charge in [0, 0.05) is 6.42 Å². The molecule has 0 heterocycles. The monoisotopic (exact) mass is 202 g/mol. The third kappa shape index (κ3) is 4.03. The van der Waals surface area contributed by atoms with Crippen molar-refractivity contribution in [3.8, 4) is 5.75 Å². The van der Waals surface area contributed by atoms with Crippen LogP contribution in [-0.2, 0) is 0 Å². The van der Waals surface area contributed by atoms with Crippen LogP contribution < -0.4 is 4.74 Å². The second-order valence-corrected chi connectivity index (χ2v) is 3.46. The maximum atomic E-state index is 5.61. The summed E-state index contributed by atoms with van der Waals surface area (Å²) in [5.74, 6) is 1.69. The Kier molecular flexibility index (Phi) is 4.69. The van der Waals surface area contributed by atoms with Gasteiger partial charge in [0.05, 0.1) is 5.76 Å². The normalized spacial score (nSPS) is 10.5. The van der Waals surface area contributed by atoms with Crippen molar-refractivity contribution in [1.29, 1.82) is 0 Å². The summed E-state index contributed by atoms with van der Waals surface area (Å²) in [6.45, 7) is 7.99. The fourth-order valence-corrected chi connectivity index (χ4v) is 1.37. The van der Waals surface area contributed by atoms with E-state index in [0.717, 1.165) is 29.9 Å². The zero-order chi connectivity index (χ0) is 11.1. The summed E-state index contributed by atoms with van der Waals surface area (Å²) in [7, 11) is 0. The molecular formula is C14H18O. The van der Waals surface area contributed by atoms with E-state index in [-0.39, 0.29) is 0 Å². The van der Waals surface area contributed by atoms with Gasteiger partial charge in [-0.1, -0.05) is 37.8 Å². The molecule has 0 aliphatic carbocycles. The van der Waals surface area contributed by atoms with Crippen molar-refractivity contribution in [2.24, 2.45) is 0 Å². The van der Waals surface area contributed by atoms with Crippen molar-refractivity contribution in [2.45, 2.75) is 26.7 Å². The van der Waals surface area contributed by atoms with E-state index in [1.165, 1.54) is 0 Å². The Morgan fingerprint density at radius 2 is 2.27 bits per heavy atom. The molecular weight excluding hydrogens is 184 g/mol. The average molecular weight is 202 g/mol. The first-order valence-corrected chi connectivity index (χ1v) is 5.34. The molecule has 0 amide bonds. The summed E-state index contributed by atoms with van der Waals surface area (Å²) >= 11 is 0. The molecule has 0 atom stereocenters. The third-order valence-corrected chi connectivity index (χ3v) is 2.01. The molecule has 0 aliphatic rings. The van der Waals surface area contributed by atoms with E-state index in [1.54, 1.807) is 0 Å². The number of hydrogen-bond acceptors (Lipinski definition) is 1. The van der Waals surface area contributed by atoms with Crippen molar-refractivity contribution in [2.75, 3.05) is 0 Å². The van der Waals surface area contributed by atoms with Gasteiger partial charge in [0.1, 0.15) is 5.75 Å². The molecule has 1 nitrogen and oxygen atoms in total. The first kappa shape index (κ1) is 11.6. The number of rotatable bonds is 5. The van der Waals surface area contributed by atoms with E-state index in [0.29, 0.717) is 0 Å². The van der Waals surface area contributed by atoms with E-state index in [9.17, 15) is 0 Å². The summed E-state index contributed by atoms with van der Waals surface area (Å²) in [5.41, 5.74) is 1.15. The molecule has 0 saturated heterocycles. The van der Waals surface area contributed by atoms with Crippen LogP contribution in [-0.4, -0.2) is 0 Å². The molecule has 0 aromatic heterocycles. The first-order valence-electron chi connectivity index (χ1n) is 5.34. The Labute approximate surface area is 92.1 Å². The number of benzene rings is 1. The lowest BCUT2D eigenvalue weighted by Crippen LogP contribution is -1.93. The maximum Gasteiger partial charge on any atom is 0.127 e. The van der Waals surface area contributed by atoms with Crippen LogP contribution >= 0.6 is 0 Å². The molecule has 1 aromatic carbocycles. The number of hydrogen-bond donors (Lipinski definition) is 0. The zero-order valence-electron chi connectivity index (χ0n) is 9.49. The van der Waals surface area contributed by atoms with Crippen molar-refractivity contribution in [3.05, 3.63) is 48.2 Å². The molecule has 0 aliphatic heterocycles. The van der Waals surface area contributed by atoms with Gasteiger partial charge in [-0.25, -0.2) is 0 Å². The predicted octanol–water partition coefficient (Wildman–Crippen LogP) is 4.41. The highest BCUT2D eigenvalue weighted by atomic mass is 16.5. The van der Waals surface area contributed by atoms with E-state index in [2.05, 4.69) is 25.6 Å². The van der Waals surface area contributed by atoms with Gasteiger partial charge in [-0.2, -0.15) is 0 Å². The minimum Gasteiger partial charge on any atom is -0.462 e. The second-order valence-electron chi connectivity index (χ2n) is 3.46. The fourth-order valence-electron chi connectivity index (χ4n) is 1.37. The molecule has 0 spiro atoms. The van der Waals surface area contributed by atoms with E-state index >= 15 is 0 Å². The van der Waals surface area contributed by atoms with Gasteiger partial charge in [-0.15, -0.1) is 0 Å². The highest BCUT2D eigenvalue weighted by molar-refractivity contribution is 5.51. The minimum absolute atomic E-state index is 0.829. The Morgan fingerprint density at radius 1 is 1.47 bits per heavy atom. The lowest BCUT2D eigenvalue weighted by molar-refractivity contribution is 0.404. The van der Waals surface area contributed by atoms with Crippen LogP contribution in [0.3, 0.4) is 0 Å². The Bertz CT molecular complexity index is 350. The van der Waals surface area contributed by atoms with Gasteiger partial charge >= 0.3 is 0 Å². The quantitative estimate of drug-likeness (QED) is 0.642. The second kappa shape index (κ2) is 6.07. The first-order chi connectivity index (χ1) is 7.26. The van der Waals surface area contributed by atoms with Crippen molar-refractivity contribution >= 4 is 6.08 Å². The summed E-state index contributed by atoms with van der Waals surface area (Å²) in [6.07, 6.45) is 6.04. The highest BCUT2D eigenvalue weighted by Gasteiger charge is 1.97. The van der Waals surface area contributed by atoms with Crippen LogP contribution in [0.25, 0.3) is 6.08 Å². The zero-order valence-corrected chi connectivity index (χ0v) is 9.49. The van der Waals surface area contributed by atoms with Gasteiger partial charge in [0.2, 0.25) is 0 Å². The van der Waals surface area contributed by atoms with Gasteiger partial charge in [-0.3, -0.25) is 0 Å². The fraction of sp³-hybridized carbons (Fsp3) is 0.286. The van der Waals surface area contributed by atoms with Gasteiger partial charge < -0.3 is 4.74 Å². The summed E-state index contributed by atoms with van der Waals surface area (Å²) in [4.78, 5) is 0. The van der Waals surface area contributed by atoms with Crippen LogP contribution in [0, 0.1) is 0 Å². The molecule has 0 fully saturated rings. The smallest absolute Gasteiger partial charge is 0.127 e. The Morgan fingerprint density at radius 3 is 2.93 bits per heavy atom. The van der Waals surface area contributed by atoms with Crippen LogP contribution in [0.15, 0.2) is 42.7 Å². The van der Waals surface area contributed by atoms with E-state index < -0.39 is 0 Å². The molecule has 80 valence electrons. The van der Waals surface area contributed by atoms with Gasteiger partial charge in [0.25, 0.3) is 0 Å². The average Bonchev–Trinajstić information content (AvgIpc) is 2.19. The molecule has 0 N–H and O–H groups in total. The van der Waals surface area contributed by atoms with Crippen LogP contribution in [0.4, 0.5) is 0 Å². The predicted molar refractivity (Wildman–Crippen MR) is 65.8 cm³/mol. The lowest BCUT2D eigenvalue weighted by atomic mass is 10.2. The molecule has 1 aromatic rings. The Hall–Kier alpha value is -1.50. The SMILES string of the molecule is C=C(CCC)Oc1cccc(/C=C/C)c1. The maximum absolute atomic E-state index is 5.61. The Balaban J connectivity index is 2.69. The third-order valence-electron chi connectivity index (χ3n) is 2.01. The summed E-state index contributed by atoms with van der Waals surface area (Å²) in [5, 5.41) is 0. The molecule has 0 bridgehead atoms. The molecule has 1 heteroatoms. The van der Waals surface area contributed by atoms with E-state index in [1.807, 2.05) is 31.2 Å². The van der Waals surface area contributed by atoms with Crippen LogP contribution in [0.1, 0.15) is 32.3 Å². The molecule has 1 rings (SSSR count). The summed E-state index contributed by atoms with van der Waals surface area (Å²) < 4.78 is 5.61. The number of ether oxygens (including phenoxy) is 1.